The van der Waals surface area contributed by atoms with Crippen molar-refractivity contribution in [3.8, 4) is 22.3 Å². The number of carbonyl (C=O) groups is 2. The zero-order chi connectivity index (χ0) is 36.5. The summed E-state index contributed by atoms with van der Waals surface area (Å²) in [5, 5.41) is 13.4. The smallest absolute Gasteiger partial charge is 0.262 e. The summed E-state index contributed by atoms with van der Waals surface area (Å²) in [6.07, 6.45) is 2.61. The Balaban J connectivity index is 0.000000198. The number of nitrogen functional groups attached to an aromatic ring is 2. The summed E-state index contributed by atoms with van der Waals surface area (Å²) in [4.78, 5) is 33.0. The number of halogens is 3. The number of carbonyl (C=O) groups excluding carboxylic acids is 2. The van der Waals surface area contributed by atoms with Crippen LogP contribution in [0.4, 0.5) is 27.7 Å². The van der Waals surface area contributed by atoms with Gasteiger partial charge in [-0.05, 0) is 48.5 Å². The van der Waals surface area contributed by atoms with Crippen LogP contribution in [0.1, 0.15) is 32.2 Å². The van der Waals surface area contributed by atoms with Crippen molar-refractivity contribution in [2.75, 3.05) is 36.3 Å². The number of methoxy groups -OCH3 is 2. The zero-order valence-electron chi connectivity index (χ0n) is 26.9. The molecule has 6 aromatic rings. The highest BCUT2D eigenvalue weighted by Crippen LogP contribution is 2.33. The molecule has 4 heterocycles. The molecule has 51 heavy (non-hydrogen) atoms. The molecule has 6 rings (SSSR count). The molecule has 6 N–H and O–H groups in total. The molecule has 0 spiro atoms. The molecule has 17 heteroatoms. The highest BCUT2D eigenvalue weighted by molar-refractivity contribution is 6.33. The number of hydrogen-bond donors (Lipinski definition) is 4. The topological polar surface area (TPSA) is 207 Å². The standard InChI is InChI=1S/C17H14ClFN4O3.C17H15ClN4O3/c1-25-8-14-12(7-21-26-14)17(24)23-15-5-3-10(16(20)22-15)11-6-9(19)2-4-13(11)18;1-24-9-14-12(8-20-25-14)17(23)22-15-7-6-11(16(19)21-15)10-4-2-3-5-13(10)18/h2-7H,8H2,1H3,(H3,20,22,23,24);2-8H,9H2,1H3,(H3,19,21,22,23). The summed E-state index contributed by atoms with van der Waals surface area (Å²) in [6, 6.07) is 17.8. The van der Waals surface area contributed by atoms with Crippen LogP contribution in [0.2, 0.25) is 10.0 Å². The molecular weight excluding hydrogens is 706 g/mol. The van der Waals surface area contributed by atoms with Crippen molar-refractivity contribution in [2.24, 2.45) is 0 Å². The Labute approximate surface area is 299 Å². The number of rotatable bonds is 10. The van der Waals surface area contributed by atoms with Crippen molar-refractivity contribution in [3.05, 3.63) is 118 Å². The minimum atomic E-state index is -0.471. The number of aromatic nitrogens is 4. The Morgan fingerprint density at radius 2 is 1.20 bits per heavy atom. The van der Waals surface area contributed by atoms with Crippen molar-refractivity contribution in [1.82, 2.24) is 20.3 Å². The third-order valence-electron chi connectivity index (χ3n) is 7.05. The van der Waals surface area contributed by atoms with E-state index in [4.69, 9.17) is 53.2 Å². The van der Waals surface area contributed by atoms with Gasteiger partial charge in [0.05, 0.1) is 12.4 Å². The van der Waals surface area contributed by atoms with Crippen LogP contribution in [-0.2, 0) is 22.7 Å². The number of hydrogen-bond acceptors (Lipinski definition) is 12. The highest BCUT2D eigenvalue weighted by atomic mass is 35.5. The first-order valence-corrected chi connectivity index (χ1v) is 15.6. The molecule has 0 aliphatic rings. The Morgan fingerprint density at radius 3 is 1.69 bits per heavy atom. The Bertz CT molecular complexity index is 2180. The summed E-state index contributed by atoms with van der Waals surface area (Å²) < 4.78 is 33.3. The van der Waals surface area contributed by atoms with Crippen LogP contribution in [-0.4, -0.2) is 46.3 Å². The highest BCUT2D eigenvalue weighted by Gasteiger charge is 2.19. The van der Waals surface area contributed by atoms with Gasteiger partial charge in [0, 0.05) is 46.5 Å². The fourth-order valence-electron chi connectivity index (χ4n) is 4.66. The number of nitrogens with one attached hydrogen (secondary N) is 2. The SMILES string of the molecule is COCc1oncc1C(=O)Nc1ccc(-c2cc(F)ccc2Cl)c(N)n1.COCc1oncc1C(=O)Nc1ccc(-c2ccccc2Cl)c(N)n1. The normalized spacial score (nSPS) is 10.7. The van der Waals surface area contributed by atoms with Gasteiger partial charge in [0.15, 0.2) is 11.5 Å². The number of pyridine rings is 2. The quantitative estimate of drug-likeness (QED) is 0.114. The minimum absolute atomic E-state index is 0.0951. The second-order valence-electron chi connectivity index (χ2n) is 10.5. The monoisotopic (exact) mass is 734 g/mol. The van der Waals surface area contributed by atoms with E-state index < -0.39 is 17.6 Å². The maximum atomic E-state index is 13.5. The molecule has 0 unspecified atom stereocenters. The number of nitrogens with two attached hydrogens (primary N) is 2. The second-order valence-corrected chi connectivity index (χ2v) is 11.3. The molecule has 4 aromatic heterocycles. The van der Waals surface area contributed by atoms with E-state index in [1.54, 1.807) is 24.3 Å². The minimum Gasteiger partial charge on any atom is -0.383 e. The van der Waals surface area contributed by atoms with Crippen LogP contribution in [0.3, 0.4) is 0 Å². The van der Waals surface area contributed by atoms with Crippen LogP contribution >= 0.6 is 23.2 Å². The molecule has 0 radical (unpaired) electrons. The van der Waals surface area contributed by atoms with Crippen LogP contribution in [0.15, 0.2) is 88.2 Å². The lowest BCUT2D eigenvalue weighted by atomic mass is 10.1. The molecule has 0 aliphatic heterocycles. The first-order chi connectivity index (χ1) is 24.6. The van der Waals surface area contributed by atoms with Gasteiger partial charge in [-0.2, -0.15) is 0 Å². The summed E-state index contributed by atoms with van der Waals surface area (Å²) in [6.45, 7) is 0.249. The van der Waals surface area contributed by atoms with Gasteiger partial charge in [-0.1, -0.05) is 51.7 Å². The summed E-state index contributed by atoms with van der Waals surface area (Å²) in [5.74, 6) is 0.177. The van der Waals surface area contributed by atoms with Gasteiger partial charge in [-0.25, -0.2) is 14.4 Å². The van der Waals surface area contributed by atoms with Gasteiger partial charge in [-0.15, -0.1) is 0 Å². The average Bonchev–Trinajstić information content (AvgIpc) is 3.77. The van der Waals surface area contributed by atoms with Gasteiger partial charge < -0.3 is 40.6 Å². The molecule has 14 nitrogen and oxygen atoms in total. The lowest BCUT2D eigenvalue weighted by Crippen LogP contribution is -2.14. The van der Waals surface area contributed by atoms with E-state index in [1.807, 2.05) is 18.2 Å². The van der Waals surface area contributed by atoms with Crippen LogP contribution in [0.5, 0.6) is 0 Å². The molecule has 0 saturated carbocycles. The largest absolute Gasteiger partial charge is 0.383 e. The van der Waals surface area contributed by atoms with Crippen molar-refractivity contribution >= 4 is 58.3 Å². The third-order valence-corrected chi connectivity index (χ3v) is 7.70. The van der Waals surface area contributed by atoms with E-state index >= 15 is 0 Å². The summed E-state index contributed by atoms with van der Waals surface area (Å²) >= 11 is 12.3. The maximum Gasteiger partial charge on any atom is 0.262 e. The van der Waals surface area contributed by atoms with Crippen LogP contribution < -0.4 is 22.1 Å². The molecule has 0 aliphatic carbocycles. The number of benzene rings is 2. The Kier molecular flexibility index (Phi) is 11.9. The lowest BCUT2D eigenvalue weighted by Gasteiger charge is -2.10. The fraction of sp³-hybridized carbons (Fsp3) is 0.118. The maximum absolute atomic E-state index is 13.5. The molecule has 2 aromatic carbocycles. The summed E-state index contributed by atoms with van der Waals surface area (Å²) in [5.41, 5.74) is 14.8. The summed E-state index contributed by atoms with van der Waals surface area (Å²) in [7, 11) is 2.97. The number of nitrogens with zero attached hydrogens (tertiary/aromatic N) is 4. The van der Waals surface area contributed by atoms with E-state index in [1.165, 1.54) is 50.9 Å². The van der Waals surface area contributed by atoms with Crippen molar-refractivity contribution < 1.29 is 32.5 Å². The van der Waals surface area contributed by atoms with Gasteiger partial charge in [0.2, 0.25) is 0 Å². The molecule has 0 bridgehead atoms. The van der Waals surface area contributed by atoms with Crippen molar-refractivity contribution in [2.45, 2.75) is 13.2 Å². The van der Waals surface area contributed by atoms with Crippen molar-refractivity contribution in [3.63, 3.8) is 0 Å². The van der Waals surface area contributed by atoms with E-state index in [0.29, 0.717) is 44.1 Å². The van der Waals surface area contributed by atoms with Gasteiger partial charge in [0.1, 0.15) is 53.4 Å². The third kappa shape index (κ3) is 8.84. The van der Waals surface area contributed by atoms with Crippen LogP contribution in [0.25, 0.3) is 22.3 Å². The number of amides is 2. The Hall–Kier alpha value is -5.87. The molecule has 0 fully saturated rings. The predicted molar refractivity (Wildman–Crippen MR) is 188 cm³/mol. The molecular formula is C34H29Cl2FN8O6. The van der Waals surface area contributed by atoms with E-state index in [9.17, 15) is 14.0 Å². The lowest BCUT2D eigenvalue weighted by molar-refractivity contribution is 0.100. The molecule has 262 valence electrons. The first kappa shape index (κ1) is 36.4. The van der Waals surface area contributed by atoms with Crippen LogP contribution in [0, 0.1) is 5.82 Å². The fourth-order valence-corrected chi connectivity index (χ4v) is 5.12. The molecule has 0 atom stereocenters. The van der Waals surface area contributed by atoms with E-state index in [2.05, 4.69) is 30.9 Å². The van der Waals surface area contributed by atoms with Gasteiger partial charge >= 0.3 is 0 Å². The van der Waals surface area contributed by atoms with Crippen molar-refractivity contribution in [1.29, 1.82) is 0 Å². The average molecular weight is 736 g/mol. The van der Waals surface area contributed by atoms with Gasteiger partial charge in [-0.3, -0.25) is 9.59 Å². The van der Waals surface area contributed by atoms with E-state index in [0.717, 1.165) is 5.56 Å². The number of ether oxygens (including phenoxy) is 2. The predicted octanol–water partition coefficient (Wildman–Crippen LogP) is 6.88. The molecule has 0 saturated heterocycles. The van der Waals surface area contributed by atoms with Gasteiger partial charge in [0.25, 0.3) is 11.8 Å². The first-order valence-electron chi connectivity index (χ1n) is 14.8. The number of anilines is 4. The molecule has 2 amide bonds. The van der Waals surface area contributed by atoms with E-state index in [-0.39, 0.29) is 41.8 Å². The second kappa shape index (κ2) is 16.7. The zero-order valence-corrected chi connectivity index (χ0v) is 28.5. The Morgan fingerprint density at radius 1 is 0.706 bits per heavy atom.